The van der Waals surface area contributed by atoms with Gasteiger partial charge in [0.15, 0.2) is 17.0 Å². The van der Waals surface area contributed by atoms with Crippen LogP contribution >= 0.6 is 11.3 Å². The first-order chi connectivity index (χ1) is 10.3. The number of unbranched alkanes of at least 4 members (excludes halogenated alkanes) is 2. The normalized spacial score (nSPS) is 10.5. The Morgan fingerprint density at radius 1 is 1.33 bits per heavy atom. The van der Waals surface area contributed by atoms with Gasteiger partial charge in [-0.15, -0.1) is 11.3 Å². The molecule has 5 nitrogen and oxygen atoms in total. The average Bonchev–Trinajstić information content (AvgIpc) is 3.12. The van der Waals surface area contributed by atoms with Gasteiger partial charge in [0, 0.05) is 6.42 Å². The molecule has 0 atom stereocenters. The van der Waals surface area contributed by atoms with Crippen LogP contribution < -0.4 is 5.73 Å². The van der Waals surface area contributed by atoms with Crippen LogP contribution in [0.3, 0.4) is 0 Å². The zero-order chi connectivity index (χ0) is 14.7. The number of H-pyrrole nitrogens is 1. The molecule has 106 valence electrons. The highest BCUT2D eigenvalue weighted by Crippen LogP contribution is 2.25. The number of hydrogen-bond donors (Lipinski definition) is 2. The van der Waals surface area contributed by atoms with E-state index >= 15 is 0 Å². The van der Waals surface area contributed by atoms with E-state index in [-0.39, 0.29) is 0 Å². The number of aromatic amines is 1. The fraction of sp³-hybridized carbons (Fsp3) is 0.267. The molecule has 0 aliphatic heterocycles. The minimum Gasteiger partial charge on any atom is -0.382 e. The molecule has 3 N–H and O–H groups in total. The Hall–Kier alpha value is -2.39. The molecule has 0 fully saturated rings. The van der Waals surface area contributed by atoms with E-state index in [0.717, 1.165) is 30.0 Å². The lowest BCUT2D eigenvalue weighted by Crippen LogP contribution is -1.97. The largest absolute Gasteiger partial charge is 0.382 e. The highest BCUT2D eigenvalue weighted by atomic mass is 32.1. The quantitative estimate of drug-likeness (QED) is 0.574. The molecule has 6 heteroatoms. The number of aromatic nitrogens is 4. The van der Waals surface area contributed by atoms with E-state index in [1.54, 1.807) is 11.3 Å². The number of rotatable bonds is 3. The number of hydrogen-bond acceptors (Lipinski definition) is 5. The van der Waals surface area contributed by atoms with Crippen molar-refractivity contribution in [1.29, 1.82) is 0 Å². The minimum atomic E-state index is 0.360. The number of nitrogens with zero attached hydrogens (tertiary/aromatic N) is 3. The Morgan fingerprint density at radius 2 is 2.24 bits per heavy atom. The van der Waals surface area contributed by atoms with Crippen LogP contribution in [0.5, 0.6) is 0 Å². The Labute approximate surface area is 126 Å². The second-order valence-corrected chi connectivity index (χ2v) is 5.55. The molecule has 0 saturated heterocycles. The van der Waals surface area contributed by atoms with Crippen LogP contribution in [0.2, 0.25) is 0 Å². The van der Waals surface area contributed by atoms with Gasteiger partial charge in [0.25, 0.3) is 0 Å². The van der Waals surface area contributed by atoms with Gasteiger partial charge in [-0.3, -0.25) is 0 Å². The number of thiophene rings is 1. The molecule has 0 aliphatic rings. The van der Waals surface area contributed by atoms with Crippen LogP contribution in [-0.2, 0) is 0 Å². The van der Waals surface area contributed by atoms with Gasteiger partial charge in [-0.25, -0.2) is 15.0 Å². The number of anilines is 1. The van der Waals surface area contributed by atoms with Crippen molar-refractivity contribution in [1.82, 2.24) is 19.9 Å². The summed E-state index contributed by atoms with van der Waals surface area (Å²) in [6.45, 7) is 2.14. The van der Waals surface area contributed by atoms with Gasteiger partial charge in [0.2, 0.25) is 5.82 Å². The van der Waals surface area contributed by atoms with E-state index in [2.05, 4.69) is 38.7 Å². The predicted molar refractivity (Wildman–Crippen MR) is 85.8 cm³/mol. The van der Waals surface area contributed by atoms with Gasteiger partial charge in [0.05, 0.1) is 4.88 Å². The van der Waals surface area contributed by atoms with Crippen LogP contribution in [0.25, 0.3) is 21.9 Å². The van der Waals surface area contributed by atoms with Gasteiger partial charge in [-0.1, -0.05) is 25.3 Å². The SMILES string of the molecule is CCCCC#Cc1nc(N)c2nc(-c3cccs3)[nH]c2n1. The fourth-order valence-electron chi connectivity index (χ4n) is 1.91. The summed E-state index contributed by atoms with van der Waals surface area (Å²) in [7, 11) is 0. The third-order valence-electron chi connectivity index (χ3n) is 2.98. The molecule has 21 heavy (non-hydrogen) atoms. The van der Waals surface area contributed by atoms with Crippen molar-refractivity contribution in [3.05, 3.63) is 23.3 Å². The molecule has 0 saturated carbocycles. The van der Waals surface area contributed by atoms with Crippen molar-refractivity contribution in [2.45, 2.75) is 26.2 Å². The third-order valence-corrected chi connectivity index (χ3v) is 3.86. The standard InChI is InChI=1S/C15H15N5S/c1-2-3-4-5-8-11-17-13(16)12-15(18-11)20-14(19-12)10-7-6-9-21-10/h6-7,9H,2-4H2,1H3,(H3,16,17,18,19,20). The van der Waals surface area contributed by atoms with Gasteiger partial charge < -0.3 is 10.7 Å². The highest BCUT2D eigenvalue weighted by molar-refractivity contribution is 7.13. The molecule has 3 aromatic rings. The van der Waals surface area contributed by atoms with Gasteiger partial charge >= 0.3 is 0 Å². The molecule has 0 bridgehead atoms. The van der Waals surface area contributed by atoms with E-state index in [1.165, 1.54) is 0 Å². The van der Waals surface area contributed by atoms with Crippen molar-refractivity contribution < 1.29 is 0 Å². The van der Waals surface area contributed by atoms with Crippen LogP contribution in [-0.4, -0.2) is 19.9 Å². The topological polar surface area (TPSA) is 80.5 Å². The van der Waals surface area contributed by atoms with Gasteiger partial charge in [-0.05, 0) is 23.8 Å². The first-order valence-electron chi connectivity index (χ1n) is 6.84. The number of imidazole rings is 1. The van der Waals surface area contributed by atoms with E-state index in [0.29, 0.717) is 22.8 Å². The molecule has 0 aromatic carbocycles. The smallest absolute Gasteiger partial charge is 0.208 e. The third kappa shape index (κ3) is 2.88. The second kappa shape index (κ2) is 5.94. The van der Waals surface area contributed by atoms with E-state index in [1.807, 2.05) is 17.5 Å². The van der Waals surface area contributed by atoms with Crippen molar-refractivity contribution in [3.63, 3.8) is 0 Å². The molecule has 3 aromatic heterocycles. The Kier molecular flexibility index (Phi) is 3.84. The number of nitrogen functional groups attached to an aromatic ring is 1. The summed E-state index contributed by atoms with van der Waals surface area (Å²) in [4.78, 5) is 17.3. The molecule has 3 heterocycles. The summed E-state index contributed by atoms with van der Waals surface area (Å²) in [5.41, 5.74) is 7.18. The minimum absolute atomic E-state index is 0.360. The molecular formula is C15H15N5S. The second-order valence-electron chi connectivity index (χ2n) is 4.60. The van der Waals surface area contributed by atoms with Gasteiger partial charge in [-0.2, -0.15) is 0 Å². The van der Waals surface area contributed by atoms with E-state index in [9.17, 15) is 0 Å². The summed E-state index contributed by atoms with van der Waals surface area (Å²) < 4.78 is 0. The lowest BCUT2D eigenvalue weighted by atomic mass is 10.2. The Balaban J connectivity index is 1.97. The maximum atomic E-state index is 5.96. The Morgan fingerprint density at radius 3 is 3.00 bits per heavy atom. The van der Waals surface area contributed by atoms with Crippen LogP contribution in [0.1, 0.15) is 32.0 Å². The molecule has 0 unspecified atom stereocenters. The van der Waals surface area contributed by atoms with Crippen molar-refractivity contribution >= 4 is 28.3 Å². The number of nitrogens with two attached hydrogens (primary N) is 1. The zero-order valence-corrected chi connectivity index (χ0v) is 12.5. The molecule has 3 rings (SSSR count). The molecular weight excluding hydrogens is 282 g/mol. The maximum absolute atomic E-state index is 5.96. The lowest BCUT2D eigenvalue weighted by molar-refractivity contribution is 0.828. The zero-order valence-electron chi connectivity index (χ0n) is 11.7. The van der Waals surface area contributed by atoms with Crippen LogP contribution in [0.15, 0.2) is 17.5 Å². The highest BCUT2D eigenvalue weighted by Gasteiger charge is 2.11. The maximum Gasteiger partial charge on any atom is 0.208 e. The van der Waals surface area contributed by atoms with E-state index in [4.69, 9.17) is 5.73 Å². The molecule has 0 aliphatic carbocycles. The van der Waals surface area contributed by atoms with Gasteiger partial charge in [0.1, 0.15) is 5.82 Å². The van der Waals surface area contributed by atoms with Crippen molar-refractivity contribution in [2.75, 3.05) is 5.73 Å². The lowest BCUT2D eigenvalue weighted by Gasteiger charge is -1.94. The number of nitrogens with one attached hydrogen (secondary N) is 1. The summed E-state index contributed by atoms with van der Waals surface area (Å²) in [5.74, 6) is 7.59. The molecule has 0 spiro atoms. The van der Waals surface area contributed by atoms with E-state index < -0.39 is 0 Å². The first kappa shape index (κ1) is 13.6. The summed E-state index contributed by atoms with van der Waals surface area (Å²) in [6.07, 6.45) is 3.06. The average molecular weight is 297 g/mol. The first-order valence-corrected chi connectivity index (χ1v) is 7.72. The van der Waals surface area contributed by atoms with Crippen molar-refractivity contribution in [3.8, 4) is 22.5 Å². The monoisotopic (exact) mass is 297 g/mol. The molecule has 0 amide bonds. The summed E-state index contributed by atoms with van der Waals surface area (Å²) in [5, 5.41) is 2.00. The summed E-state index contributed by atoms with van der Waals surface area (Å²) >= 11 is 1.61. The van der Waals surface area contributed by atoms with Crippen LogP contribution in [0.4, 0.5) is 5.82 Å². The fourth-order valence-corrected chi connectivity index (χ4v) is 2.58. The summed E-state index contributed by atoms with van der Waals surface area (Å²) in [6, 6.07) is 3.98. The van der Waals surface area contributed by atoms with Crippen LogP contribution in [0, 0.1) is 11.8 Å². The number of fused-ring (bicyclic) bond motifs is 1. The Bertz CT molecular complexity index is 808. The predicted octanol–water partition coefficient (Wildman–Crippen LogP) is 3.21. The van der Waals surface area contributed by atoms with Crippen molar-refractivity contribution in [2.24, 2.45) is 0 Å². The molecule has 0 radical (unpaired) electrons.